The lowest BCUT2D eigenvalue weighted by Crippen LogP contribution is -2.18. The Morgan fingerprint density at radius 2 is 1.51 bits per heavy atom. The van der Waals surface area contributed by atoms with Crippen LogP contribution in [0.4, 0.5) is 5.13 Å². The van der Waals surface area contributed by atoms with Gasteiger partial charge < -0.3 is 5.32 Å². The van der Waals surface area contributed by atoms with E-state index in [9.17, 15) is 18.0 Å². The summed E-state index contributed by atoms with van der Waals surface area (Å²) < 4.78 is 24.1. The van der Waals surface area contributed by atoms with E-state index in [1.807, 2.05) is 36.4 Å². The van der Waals surface area contributed by atoms with Gasteiger partial charge >= 0.3 is 0 Å². The first-order valence-corrected chi connectivity index (χ1v) is 13.6. The molecular formula is C27H24N2O4S2. The zero-order chi connectivity index (χ0) is 25.0. The van der Waals surface area contributed by atoms with Crippen molar-refractivity contribution in [2.75, 3.05) is 11.1 Å². The maximum Gasteiger partial charge on any atom is 0.233 e. The number of amides is 1. The fourth-order valence-electron chi connectivity index (χ4n) is 3.54. The summed E-state index contributed by atoms with van der Waals surface area (Å²) in [5.74, 6) is -1.00. The zero-order valence-corrected chi connectivity index (χ0v) is 20.9. The number of benzene rings is 3. The molecule has 1 aromatic heterocycles. The number of ketones is 1. The van der Waals surface area contributed by atoms with Gasteiger partial charge in [-0.3, -0.25) is 9.59 Å². The summed E-state index contributed by atoms with van der Waals surface area (Å²) in [7, 11) is -3.31. The predicted octanol–water partition coefficient (Wildman–Crippen LogP) is 5.58. The Hall–Kier alpha value is -3.62. The first kappa shape index (κ1) is 24.5. The number of aromatic nitrogens is 1. The molecule has 3 aromatic carbocycles. The molecule has 8 heteroatoms. The molecule has 4 rings (SSSR count). The molecule has 0 saturated heterocycles. The minimum absolute atomic E-state index is 0.0141. The topological polar surface area (TPSA) is 93.2 Å². The number of hydrogen-bond acceptors (Lipinski definition) is 6. The number of nitrogens with one attached hydrogen (secondary N) is 1. The van der Waals surface area contributed by atoms with E-state index in [4.69, 9.17) is 0 Å². The average molecular weight is 505 g/mol. The van der Waals surface area contributed by atoms with Gasteiger partial charge in [-0.25, -0.2) is 13.4 Å². The van der Waals surface area contributed by atoms with Gasteiger partial charge in [0.05, 0.1) is 22.3 Å². The van der Waals surface area contributed by atoms with Gasteiger partial charge in [0.1, 0.15) is 4.88 Å². The van der Waals surface area contributed by atoms with E-state index in [-0.39, 0.29) is 22.3 Å². The van der Waals surface area contributed by atoms with Crippen LogP contribution >= 0.6 is 11.3 Å². The molecule has 1 atom stereocenters. The van der Waals surface area contributed by atoms with Crippen molar-refractivity contribution >= 4 is 38.0 Å². The second-order valence-corrected chi connectivity index (χ2v) is 11.2. The lowest BCUT2D eigenvalue weighted by atomic mass is 10.0. The Balaban J connectivity index is 1.61. The van der Waals surface area contributed by atoms with E-state index in [0.717, 1.165) is 16.9 Å². The predicted molar refractivity (Wildman–Crippen MR) is 139 cm³/mol. The largest absolute Gasteiger partial charge is 0.301 e. The van der Waals surface area contributed by atoms with Crippen LogP contribution in [0.25, 0.3) is 11.3 Å². The van der Waals surface area contributed by atoms with E-state index >= 15 is 0 Å². The normalized spacial score (nSPS) is 12.2. The van der Waals surface area contributed by atoms with Crippen molar-refractivity contribution in [2.24, 2.45) is 0 Å². The highest BCUT2D eigenvalue weighted by atomic mass is 32.2. The van der Waals surface area contributed by atoms with Crippen LogP contribution in [0.5, 0.6) is 0 Å². The highest BCUT2D eigenvalue weighted by molar-refractivity contribution is 7.91. The molecule has 178 valence electrons. The fraction of sp³-hybridized carbons (Fsp3) is 0.148. The van der Waals surface area contributed by atoms with Crippen LogP contribution in [0.3, 0.4) is 0 Å². The molecule has 0 radical (unpaired) electrons. The first-order valence-electron chi connectivity index (χ1n) is 11.1. The summed E-state index contributed by atoms with van der Waals surface area (Å²) >= 11 is 1.14. The highest BCUT2D eigenvalue weighted by Crippen LogP contribution is 2.33. The van der Waals surface area contributed by atoms with Crippen molar-refractivity contribution < 1.29 is 18.0 Å². The van der Waals surface area contributed by atoms with Gasteiger partial charge in [-0.15, -0.1) is 0 Å². The minimum Gasteiger partial charge on any atom is -0.301 e. The van der Waals surface area contributed by atoms with Crippen LogP contribution in [0.15, 0.2) is 89.8 Å². The monoisotopic (exact) mass is 504 g/mol. The number of nitrogens with zero attached hydrogens (tertiary/aromatic N) is 1. The second kappa shape index (κ2) is 10.3. The summed E-state index contributed by atoms with van der Waals surface area (Å²) in [6.45, 7) is 3.33. The fourth-order valence-corrected chi connectivity index (χ4v) is 5.37. The van der Waals surface area contributed by atoms with Crippen LogP contribution in [0.2, 0.25) is 0 Å². The van der Waals surface area contributed by atoms with Crippen molar-refractivity contribution in [3.05, 3.63) is 101 Å². The molecule has 4 aromatic rings. The second-order valence-electron chi connectivity index (χ2n) is 7.94. The minimum atomic E-state index is -3.31. The van der Waals surface area contributed by atoms with Crippen molar-refractivity contribution in [1.82, 2.24) is 4.98 Å². The summed E-state index contributed by atoms with van der Waals surface area (Å²) in [5, 5.41) is 3.16. The maximum absolute atomic E-state index is 13.2. The third-order valence-electron chi connectivity index (χ3n) is 5.66. The Kier molecular flexibility index (Phi) is 7.23. The third kappa shape index (κ3) is 5.39. The molecule has 0 aliphatic carbocycles. The van der Waals surface area contributed by atoms with E-state index in [0.29, 0.717) is 26.8 Å². The summed E-state index contributed by atoms with van der Waals surface area (Å²) in [6, 6.07) is 24.7. The molecule has 35 heavy (non-hydrogen) atoms. The van der Waals surface area contributed by atoms with Gasteiger partial charge in [0.2, 0.25) is 11.7 Å². The van der Waals surface area contributed by atoms with E-state index < -0.39 is 15.8 Å². The molecule has 1 N–H and O–H groups in total. The molecular weight excluding hydrogens is 480 g/mol. The van der Waals surface area contributed by atoms with Crippen LogP contribution in [0.1, 0.15) is 40.6 Å². The number of thiazole rings is 1. The van der Waals surface area contributed by atoms with Crippen LogP contribution in [-0.2, 0) is 14.6 Å². The van der Waals surface area contributed by atoms with Gasteiger partial charge in [-0.05, 0) is 24.6 Å². The van der Waals surface area contributed by atoms with Gasteiger partial charge in [-0.1, -0.05) is 91.1 Å². The van der Waals surface area contributed by atoms with Crippen molar-refractivity contribution in [2.45, 2.75) is 24.7 Å². The number of sulfone groups is 1. The average Bonchev–Trinajstić information content (AvgIpc) is 3.32. The number of hydrogen-bond donors (Lipinski definition) is 1. The van der Waals surface area contributed by atoms with Gasteiger partial charge in [0.25, 0.3) is 0 Å². The Morgan fingerprint density at radius 1 is 0.914 bits per heavy atom. The summed E-state index contributed by atoms with van der Waals surface area (Å²) in [6.07, 6.45) is 0. The van der Waals surface area contributed by atoms with Gasteiger partial charge in [0.15, 0.2) is 15.0 Å². The summed E-state index contributed by atoms with van der Waals surface area (Å²) in [5.41, 5.74) is 2.52. The molecule has 1 heterocycles. The number of carbonyl (C=O) groups is 2. The van der Waals surface area contributed by atoms with Crippen LogP contribution in [-0.4, -0.2) is 30.8 Å². The summed E-state index contributed by atoms with van der Waals surface area (Å²) in [4.78, 5) is 31.5. The smallest absolute Gasteiger partial charge is 0.233 e. The molecule has 0 saturated carbocycles. The highest BCUT2D eigenvalue weighted by Gasteiger charge is 2.23. The SMILES string of the molecule is CCS(=O)(=O)c1ccc(C(C)C(=O)Nc2nc(-c3ccccc3)c(C(=O)c3ccccc3)s2)cc1. The van der Waals surface area contributed by atoms with Gasteiger partial charge in [-0.2, -0.15) is 0 Å². The van der Waals surface area contributed by atoms with Crippen LogP contribution in [0, 0.1) is 0 Å². The number of anilines is 1. The molecule has 0 spiro atoms. The maximum atomic E-state index is 13.2. The quantitative estimate of drug-likeness (QED) is 0.316. The van der Waals surface area contributed by atoms with E-state index in [1.165, 1.54) is 12.1 Å². The Morgan fingerprint density at radius 3 is 2.11 bits per heavy atom. The lowest BCUT2D eigenvalue weighted by Gasteiger charge is -2.12. The zero-order valence-electron chi connectivity index (χ0n) is 19.3. The Labute approximate surface area is 208 Å². The standard InChI is InChI=1S/C27H24N2O4S2/c1-3-35(32,33)22-16-14-19(15-17-22)18(2)26(31)29-27-28-23(20-10-6-4-7-11-20)25(34-27)24(30)21-12-8-5-9-13-21/h4-18H,3H2,1-2H3,(H,28,29,31). The number of rotatable bonds is 8. The molecule has 0 fully saturated rings. The van der Waals surface area contributed by atoms with E-state index in [1.54, 1.807) is 50.2 Å². The first-order chi connectivity index (χ1) is 16.8. The van der Waals surface area contributed by atoms with Crippen LogP contribution < -0.4 is 5.32 Å². The molecule has 0 bridgehead atoms. The molecule has 1 unspecified atom stereocenters. The molecule has 0 aliphatic heterocycles. The molecule has 6 nitrogen and oxygen atoms in total. The van der Waals surface area contributed by atoms with Crippen molar-refractivity contribution in [1.29, 1.82) is 0 Å². The molecule has 1 amide bonds. The lowest BCUT2D eigenvalue weighted by molar-refractivity contribution is -0.117. The van der Waals surface area contributed by atoms with Crippen molar-refractivity contribution in [3.63, 3.8) is 0 Å². The van der Waals surface area contributed by atoms with Gasteiger partial charge in [0, 0.05) is 11.1 Å². The van der Waals surface area contributed by atoms with E-state index in [2.05, 4.69) is 10.3 Å². The third-order valence-corrected chi connectivity index (χ3v) is 8.38. The Bertz CT molecular complexity index is 1450. The molecule has 0 aliphatic rings. The van der Waals surface area contributed by atoms with Crippen molar-refractivity contribution in [3.8, 4) is 11.3 Å². The number of carbonyl (C=O) groups excluding carboxylic acids is 2.